The molecule has 0 bridgehead atoms. The quantitative estimate of drug-likeness (QED) is 0.120. The van der Waals surface area contributed by atoms with Gasteiger partial charge in [0.1, 0.15) is 0 Å². The Balaban J connectivity index is 0.989. The van der Waals surface area contributed by atoms with E-state index in [1.54, 1.807) is 0 Å². The molecule has 0 atom stereocenters. The van der Waals surface area contributed by atoms with E-state index in [0.29, 0.717) is 0 Å². The molecule has 0 heteroatoms. The molecular formula is C67H42. The van der Waals surface area contributed by atoms with Crippen LogP contribution in [0, 0.1) is 0 Å². The first-order valence-electron chi connectivity index (χ1n) is 23.4. The fourth-order valence-corrected chi connectivity index (χ4v) is 12.0. The molecular weight excluding hydrogens is 805 g/mol. The summed E-state index contributed by atoms with van der Waals surface area (Å²) in [6, 6.07) is 95.3. The van der Waals surface area contributed by atoms with Gasteiger partial charge in [0.05, 0.1) is 5.41 Å². The summed E-state index contributed by atoms with van der Waals surface area (Å²) in [4.78, 5) is 0. The minimum absolute atomic E-state index is 0.554. The maximum Gasteiger partial charge on any atom is 0.0720 e. The molecule has 310 valence electrons. The van der Waals surface area contributed by atoms with Crippen molar-refractivity contribution in [1.29, 1.82) is 0 Å². The van der Waals surface area contributed by atoms with Crippen molar-refractivity contribution in [2.24, 2.45) is 0 Å². The summed E-state index contributed by atoms with van der Waals surface area (Å²) >= 11 is 0. The maximum atomic E-state index is 2.52. The first-order valence-corrected chi connectivity index (χ1v) is 23.4. The molecule has 1 aliphatic rings. The molecule has 0 nitrogen and oxygen atoms in total. The highest BCUT2D eigenvalue weighted by Crippen LogP contribution is 2.61. The molecule has 0 fully saturated rings. The number of rotatable bonds is 5. The Labute approximate surface area is 389 Å². The minimum Gasteiger partial charge on any atom is -0.0622 e. The van der Waals surface area contributed by atoms with Gasteiger partial charge in [0.25, 0.3) is 0 Å². The second-order valence-electron chi connectivity index (χ2n) is 18.3. The van der Waals surface area contributed by atoms with Crippen LogP contribution in [0.1, 0.15) is 22.3 Å². The second kappa shape index (κ2) is 14.7. The number of hydrogen-bond acceptors (Lipinski definition) is 0. The van der Waals surface area contributed by atoms with E-state index in [9.17, 15) is 0 Å². The van der Waals surface area contributed by atoms with Gasteiger partial charge in [0.2, 0.25) is 0 Å². The van der Waals surface area contributed by atoms with Crippen LogP contribution in [-0.2, 0) is 5.41 Å². The molecule has 0 spiro atoms. The zero-order valence-electron chi connectivity index (χ0n) is 36.7. The Morgan fingerprint density at radius 3 is 1.27 bits per heavy atom. The molecule has 0 aromatic heterocycles. The lowest BCUT2D eigenvalue weighted by Crippen LogP contribution is -2.28. The largest absolute Gasteiger partial charge is 0.0720 e. The van der Waals surface area contributed by atoms with Crippen LogP contribution in [0.2, 0.25) is 0 Å². The van der Waals surface area contributed by atoms with E-state index >= 15 is 0 Å². The molecule has 0 amide bonds. The summed E-state index contributed by atoms with van der Waals surface area (Å²) in [7, 11) is 0. The first-order chi connectivity index (χ1) is 33.2. The van der Waals surface area contributed by atoms with E-state index < -0.39 is 5.41 Å². The summed E-state index contributed by atoms with van der Waals surface area (Å²) < 4.78 is 0. The summed E-state index contributed by atoms with van der Waals surface area (Å²) in [6.07, 6.45) is 0. The summed E-state index contributed by atoms with van der Waals surface area (Å²) in [5.74, 6) is 0. The highest BCUT2D eigenvalue weighted by atomic mass is 14.5. The van der Waals surface area contributed by atoms with Gasteiger partial charge < -0.3 is 0 Å². The van der Waals surface area contributed by atoms with Crippen LogP contribution in [0.25, 0.3) is 109 Å². The van der Waals surface area contributed by atoms with E-state index in [1.807, 2.05) is 0 Å². The van der Waals surface area contributed by atoms with Crippen LogP contribution in [0.3, 0.4) is 0 Å². The number of benzene rings is 13. The average molecular weight is 847 g/mol. The molecule has 0 saturated carbocycles. The Bertz CT molecular complexity index is 4040. The summed E-state index contributed by atoms with van der Waals surface area (Å²) in [6.45, 7) is 0. The fourth-order valence-electron chi connectivity index (χ4n) is 12.0. The third-order valence-corrected chi connectivity index (χ3v) is 14.8. The van der Waals surface area contributed by atoms with Gasteiger partial charge in [-0.2, -0.15) is 0 Å². The monoisotopic (exact) mass is 846 g/mol. The Morgan fingerprint density at radius 1 is 0.224 bits per heavy atom. The standard InChI is InChI=1S/C67H42/c1-3-22-51(23-4-1)67(52-24-5-2-6-25-52)62-42-50-40-46(35-36-47(50)41-61(62)65-55-28-11-9-26-53(55)54-27-10-16-33-60(54)66(65)67)45-20-17-21-48(39-45)63-56-29-12-14-31-58(56)64(59-32-15-13-30-57(59)63)49-37-34-43-18-7-8-19-44(43)38-49/h1-42H. The van der Waals surface area contributed by atoms with Crippen LogP contribution in [0.4, 0.5) is 0 Å². The van der Waals surface area contributed by atoms with E-state index in [-0.39, 0.29) is 0 Å². The van der Waals surface area contributed by atoms with Crippen LogP contribution in [-0.4, -0.2) is 0 Å². The molecule has 0 aliphatic heterocycles. The highest BCUT2D eigenvalue weighted by molar-refractivity contribution is 6.22. The van der Waals surface area contributed by atoms with Crippen molar-refractivity contribution in [3.8, 4) is 44.5 Å². The van der Waals surface area contributed by atoms with Gasteiger partial charge in [-0.25, -0.2) is 0 Å². The Morgan fingerprint density at radius 2 is 0.642 bits per heavy atom. The number of hydrogen-bond donors (Lipinski definition) is 0. The molecule has 0 unspecified atom stereocenters. The van der Waals surface area contributed by atoms with Crippen LogP contribution < -0.4 is 0 Å². The predicted molar refractivity (Wildman–Crippen MR) is 285 cm³/mol. The van der Waals surface area contributed by atoms with Gasteiger partial charge in [-0.15, -0.1) is 0 Å². The van der Waals surface area contributed by atoms with E-state index in [1.165, 1.54) is 131 Å². The minimum atomic E-state index is -0.554. The number of fused-ring (bicyclic) bond motifs is 12. The predicted octanol–water partition coefficient (Wildman–Crippen LogP) is 18.0. The smallest absolute Gasteiger partial charge is 0.0622 e. The van der Waals surface area contributed by atoms with Crippen LogP contribution in [0.15, 0.2) is 255 Å². The molecule has 14 rings (SSSR count). The van der Waals surface area contributed by atoms with Gasteiger partial charge >= 0.3 is 0 Å². The lowest BCUT2D eigenvalue weighted by Gasteiger charge is -2.35. The average Bonchev–Trinajstić information content (AvgIpc) is 3.70. The maximum absolute atomic E-state index is 2.52. The molecule has 0 N–H and O–H groups in total. The Kier molecular flexibility index (Phi) is 8.30. The molecule has 0 radical (unpaired) electrons. The fraction of sp³-hybridized carbons (Fsp3) is 0.0149. The lowest BCUT2D eigenvalue weighted by molar-refractivity contribution is 0.777. The van der Waals surface area contributed by atoms with Gasteiger partial charge in [0, 0.05) is 0 Å². The highest BCUT2D eigenvalue weighted by Gasteiger charge is 2.48. The topological polar surface area (TPSA) is 0 Å². The summed E-state index contributed by atoms with van der Waals surface area (Å²) in [5, 5.41) is 15.2. The zero-order valence-corrected chi connectivity index (χ0v) is 36.7. The van der Waals surface area contributed by atoms with Crippen molar-refractivity contribution in [2.75, 3.05) is 0 Å². The van der Waals surface area contributed by atoms with E-state index in [2.05, 4.69) is 255 Å². The van der Waals surface area contributed by atoms with Crippen LogP contribution >= 0.6 is 0 Å². The summed E-state index contributed by atoms with van der Waals surface area (Å²) in [5.41, 5.74) is 14.7. The molecule has 0 saturated heterocycles. The van der Waals surface area contributed by atoms with Crippen molar-refractivity contribution in [3.05, 3.63) is 277 Å². The van der Waals surface area contributed by atoms with Gasteiger partial charge in [0.15, 0.2) is 0 Å². The first kappa shape index (κ1) is 37.8. The third kappa shape index (κ3) is 5.54. The van der Waals surface area contributed by atoms with Gasteiger partial charge in [-0.1, -0.05) is 224 Å². The normalized spacial score (nSPS) is 12.9. The van der Waals surface area contributed by atoms with Crippen molar-refractivity contribution >= 4 is 64.6 Å². The Hall–Kier alpha value is -8.58. The lowest BCUT2D eigenvalue weighted by atomic mass is 9.66. The van der Waals surface area contributed by atoms with Gasteiger partial charge in [-0.3, -0.25) is 0 Å². The molecule has 13 aromatic rings. The molecule has 67 heavy (non-hydrogen) atoms. The molecule has 0 heterocycles. The van der Waals surface area contributed by atoms with Crippen molar-refractivity contribution in [2.45, 2.75) is 5.41 Å². The van der Waals surface area contributed by atoms with Gasteiger partial charge in [-0.05, 0) is 162 Å². The van der Waals surface area contributed by atoms with Crippen molar-refractivity contribution < 1.29 is 0 Å². The van der Waals surface area contributed by atoms with E-state index in [4.69, 9.17) is 0 Å². The van der Waals surface area contributed by atoms with Crippen molar-refractivity contribution in [1.82, 2.24) is 0 Å². The second-order valence-corrected chi connectivity index (χ2v) is 18.3. The third-order valence-electron chi connectivity index (χ3n) is 14.8. The van der Waals surface area contributed by atoms with Crippen molar-refractivity contribution in [3.63, 3.8) is 0 Å². The van der Waals surface area contributed by atoms with E-state index in [0.717, 1.165) is 0 Å². The zero-order chi connectivity index (χ0) is 44.1. The SMILES string of the molecule is c1ccc(C2(c3ccccc3)c3cc4cc(-c5cccc(-c6c7ccccc7c(-c7ccc8ccccc8c7)c7ccccc67)c5)ccc4cc3-c3c2c2ccccc2c2ccccc32)cc1. The molecule has 1 aliphatic carbocycles. The van der Waals surface area contributed by atoms with Crippen LogP contribution in [0.5, 0.6) is 0 Å². The molecule has 13 aromatic carbocycles.